The normalized spacial score (nSPS) is 18.6. The minimum absolute atomic E-state index is 0.0148. The quantitative estimate of drug-likeness (QED) is 0.775. The smallest absolute Gasteiger partial charge is 0.295 e. The molecule has 1 aliphatic rings. The highest BCUT2D eigenvalue weighted by atomic mass is 35.5. The summed E-state index contributed by atoms with van der Waals surface area (Å²) in [7, 11) is 3.63. The second-order valence-corrected chi connectivity index (χ2v) is 6.42. The monoisotopic (exact) mass is 292 g/mol. The van der Waals surface area contributed by atoms with Crippen LogP contribution in [0.3, 0.4) is 0 Å². The average molecular weight is 293 g/mol. The number of benzene rings is 1. The van der Waals surface area contributed by atoms with Crippen molar-refractivity contribution in [2.45, 2.75) is 37.5 Å². The number of rotatable bonds is 2. The van der Waals surface area contributed by atoms with Crippen molar-refractivity contribution in [2.75, 3.05) is 0 Å². The Kier molecular flexibility index (Phi) is 3.63. The second-order valence-electron chi connectivity index (χ2n) is 5.95. The van der Waals surface area contributed by atoms with Gasteiger partial charge in [0.1, 0.15) is 0 Å². The third kappa shape index (κ3) is 2.18. The molecule has 0 amide bonds. The summed E-state index contributed by atoms with van der Waals surface area (Å²) in [6, 6.07) is 6.18. The van der Waals surface area contributed by atoms with E-state index in [9.17, 15) is 4.79 Å². The minimum Gasteiger partial charge on any atom is -0.295 e. The van der Waals surface area contributed by atoms with Crippen molar-refractivity contribution >= 4 is 22.6 Å². The van der Waals surface area contributed by atoms with Crippen LogP contribution in [0.1, 0.15) is 43.0 Å². The van der Waals surface area contributed by atoms with Gasteiger partial charge in [-0.3, -0.25) is 9.13 Å². The number of alkyl halides is 1. The summed E-state index contributed by atoms with van der Waals surface area (Å²) in [5.41, 5.74) is 3.10. The summed E-state index contributed by atoms with van der Waals surface area (Å²) >= 11 is 6.69. The van der Waals surface area contributed by atoms with Crippen LogP contribution in [-0.4, -0.2) is 9.13 Å². The topological polar surface area (TPSA) is 26.9 Å². The largest absolute Gasteiger partial charge is 0.328 e. The maximum absolute atomic E-state index is 12.0. The molecule has 0 aliphatic heterocycles. The van der Waals surface area contributed by atoms with Crippen molar-refractivity contribution in [3.05, 3.63) is 34.2 Å². The Morgan fingerprint density at radius 2 is 1.75 bits per heavy atom. The molecule has 4 heteroatoms. The fourth-order valence-electron chi connectivity index (χ4n) is 3.39. The average Bonchev–Trinajstić information content (AvgIpc) is 2.72. The van der Waals surface area contributed by atoms with E-state index in [4.69, 9.17) is 11.6 Å². The molecule has 1 heterocycles. The molecular weight excluding hydrogens is 272 g/mol. The SMILES string of the molecule is Cn1c(=O)n(C)c2cc(C(Cl)C3CCCCC3)ccc21. The highest BCUT2D eigenvalue weighted by molar-refractivity contribution is 6.21. The Bertz CT molecular complexity index is 680. The maximum atomic E-state index is 12.0. The van der Waals surface area contributed by atoms with Crippen LogP contribution >= 0.6 is 11.6 Å². The Morgan fingerprint density at radius 1 is 1.10 bits per heavy atom. The third-order valence-corrected chi connectivity index (χ3v) is 5.29. The summed E-state index contributed by atoms with van der Waals surface area (Å²) in [5.74, 6) is 0.573. The van der Waals surface area contributed by atoms with E-state index in [1.54, 1.807) is 9.13 Å². The number of halogens is 1. The van der Waals surface area contributed by atoms with E-state index in [0.29, 0.717) is 5.92 Å². The van der Waals surface area contributed by atoms with Crippen LogP contribution in [0.25, 0.3) is 11.0 Å². The van der Waals surface area contributed by atoms with Gasteiger partial charge in [0.05, 0.1) is 16.4 Å². The number of aromatic nitrogens is 2. The molecule has 2 aromatic rings. The molecule has 20 heavy (non-hydrogen) atoms. The van der Waals surface area contributed by atoms with Crippen LogP contribution in [0.5, 0.6) is 0 Å². The molecule has 1 fully saturated rings. The zero-order valence-corrected chi connectivity index (χ0v) is 12.9. The zero-order valence-electron chi connectivity index (χ0n) is 12.1. The number of hydrogen-bond donors (Lipinski definition) is 0. The molecule has 1 atom stereocenters. The molecule has 0 N–H and O–H groups in total. The van der Waals surface area contributed by atoms with Crippen LogP contribution in [0.4, 0.5) is 0 Å². The Balaban J connectivity index is 2.00. The van der Waals surface area contributed by atoms with Gasteiger partial charge in [0.25, 0.3) is 0 Å². The molecule has 1 aromatic heterocycles. The van der Waals surface area contributed by atoms with E-state index < -0.39 is 0 Å². The van der Waals surface area contributed by atoms with Gasteiger partial charge in [0.15, 0.2) is 0 Å². The minimum atomic E-state index is 0.0148. The molecule has 108 valence electrons. The molecule has 1 aromatic carbocycles. The fourth-order valence-corrected chi connectivity index (χ4v) is 3.78. The maximum Gasteiger partial charge on any atom is 0.328 e. The number of imidazole rings is 1. The Morgan fingerprint density at radius 3 is 2.45 bits per heavy atom. The molecule has 0 radical (unpaired) electrons. The number of aryl methyl sites for hydroxylation is 2. The van der Waals surface area contributed by atoms with Gasteiger partial charge in [0, 0.05) is 14.1 Å². The van der Waals surface area contributed by atoms with Crippen LogP contribution in [0, 0.1) is 5.92 Å². The third-order valence-electron chi connectivity index (χ3n) is 4.68. The van der Waals surface area contributed by atoms with Gasteiger partial charge in [0.2, 0.25) is 0 Å². The van der Waals surface area contributed by atoms with Gasteiger partial charge >= 0.3 is 5.69 Å². The first-order chi connectivity index (χ1) is 9.59. The standard InChI is InChI=1S/C16H21ClN2O/c1-18-13-9-8-12(10-14(13)19(2)16(18)20)15(17)11-6-4-3-5-7-11/h8-11,15H,3-7H2,1-2H3. The molecule has 1 aliphatic carbocycles. The summed E-state index contributed by atoms with van der Waals surface area (Å²) in [6.45, 7) is 0. The molecule has 0 bridgehead atoms. The van der Waals surface area contributed by atoms with Crippen molar-refractivity contribution in [1.82, 2.24) is 9.13 Å². The predicted octanol–water partition coefficient (Wildman–Crippen LogP) is 3.74. The second kappa shape index (κ2) is 5.28. The van der Waals surface area contributed by atoms with E-state index in [0.717, 1.165) is 16.6 Å². The molecule has 0 spiro atoms. The number of fused-ring (bicyclic) bond motifs is 1. The summed E-state index contributed by atoms with van der Waals surface area (Å²) in [5, 5.41) is 0.0648. The van der Waals surface area contributed by atoms with E-state index in [2.05, 4.69) is 12.1 Å². The first kappa shape index (κ1) is 13.7. The summed E-state index contributed by atoms with van der Waals surface area (Å²) in [4.78, 5) is 12.0. The van der Waals surface area contributed by atoms with Gasteiger partial charge in [-0.15, -0.1) is 11.6 Å². The lowest BCUT2D eigenvalue weighted by Crippen LogP contribution is -2.19. The van der Waals surface area contributed by atoms with Gasteiger partial charge in [-0.25, -0.2) is 4.79 Å². The van der Waals surface area contributed by atoms with Crippen LogP contribution < -0.4 is 5.69 Å². The zero-order chi connectivity index (χ0) is 14.3. The van der Waals surface area contributed by atoms with Crippen molar-refractivity contribution in [2.24, 2.45) is 20.0 Å². The van der Waals surface area contributed by atoms with Gasteiger partial charge in [-0.05, 0) is 36.5 Å². The number of hydrogen-bond acceptors (Lipinski definition) is 1. The highest BCUT2D eigenvalue weighted by Crippen LogP contribution is 2.39. The van der Waals surface area contributed by atoms with E-state index in [-0.39, 0.29) is 11.1 Å². The Hall–Kier alpha value is -1.22. The number of nitrogens with zero attached hydrogens (tertiary/aromatic N) is 2. The van der Waals surface area contributed by atoms with Gasteiger partial charge < -0.3 is 0 Å². The Labute approximate surface area is 124 Å². The fraction of sp³-hybridized carbons (Fsp3) is 0.562. The van der Waals surface area contributed by atoms with Crippen LogP contribution in [0.2, 0.25) is 0 Å². The van der Waals surface area contributed by atoms with Crippen molar-refractivity contribution in [1.29, 1.82) is 0 Å². The molecule has 1 unspecified atom stereocenters. The highest BCUT2D eigenvalue weighted by Gasteiger charge is 2.23. The lowest BCUT2D eigenvalue weighted by molar-refractivity contribution is 0.348. The molecule has 3 rings (SSSR count). The lowest BCUT2D eigenvalue weighted by Gasteiger charge is -2.26. The van der Waals surface area contributed by atoms with E-state index in [1.165, 1.54) is 32.1 Å². The van der Waals surface area contributed by atoms with Crippen LogP contribution in [-0.2, 0) is 14.1 Å². The van der Waals surface area contributed by atoms with Crippen LogP contribution in [0.15, 0.2) is 23.0 Å². The van der Waals surface area contributed by atoms with E-state index in [1.807, 2.05) is 20.2 Å². The van der Waals surface area contributed by atoms with Crippen molar-refractivity contribution in [3.8, 4) is 0 Å². The van der Waals surface area contributed by atoms with Crippen molar-refractivity contribution < 1.29 is 0 Å². The first-order valence-corrected chi connectivity index (χ1v) is 7.82. The van der Waals surface area contributed by atoms with Gasteiger partial charge in [-0.2, -0.15) is 0 Å². The first-order valence-electron chi connectivity index (χ1n) is 7.39. The van der Waals surface area contributed by atoms with E-state index >= 15 is 0 Å². The van der Waals surface area contributed by atoms with Gasteiger partial charge in [-0.1, -0.05) is 25.3 Å². The predicted molar refractivity (Wildman–Crippen MR) is 83.3 cm³/mol. The molecular formula is C16H21ClN2O. The van der Waals surface area contributed by atoms with Crippen molar-refractivity contribution in [3.63, 3.8) is 0 Å². The summed E-state index contributed by atoms with van der Waals surface area (Å²) < 4.78 is 3.38. The molecule has 3 nitrogen and oxygen atoms in total. The lowest BCUT2D eigenvalue weighted by atomic mass is 9.84. The molecule has 0 saturated heterocycles. The molecule has 1 saturated carbocycles. The summed E-state index contributed by atoms with van der Waals surface area (Å²) in [6.07, 6.45) is 6.37.